The number of hydrogen-bond donors (Lipinski definition) is 1. The first-order valence-electron chi connectivity index (χ1n) is 7.69. The van der Waals surface area contributed by atoms with Crippen LogP contribution in [0.15, 0.2) is 17.1 Å². The molecule has 0 saturated carbocycles. The zero-order chi connectivity index (χ0) is 15.8. The van der Waals surface area contributed by atoms with Gasteiger partial charge in [-0.2, -0.15) is 0 Å². The molecule has 120 valence electrons. The predicted octanol–water partition coefficient (Wildman–Crippen LogP) is 1.74. The molecule has 1 aromatic rings. The minimum absolute atomic E-state index is 0.167. The second-order valence-corrected chi connectivity index (χ2v) is 5.96. The number of rotatable bonds is 9. The van der Waals surface area contributed by atoms with E-state index in [1.807, 2.05) is 18.7 Å². The van der Waals surface area contributed by atoms with E-state index in [-0.39, 0.29) is 11.2 Å². The summed E-state index contributed by atoms with van der Waals surface area (Å²) in [6.45, 7) is 5.72. The van der Waals surface area contributed by atoms with Crippen molar-refractivity contribution in [1.82, 2.24) is 14.4 Å². The van der Waals surface area contributed by atoms with Crippen LogP contribution >= 0.6 is 0 Å². The van der Waals surface area contributed by atoms with Gasteiger partial charge in [0.25, 0.3) is 0 Å². The Morgan fingerprint density at radius 2 is 1.90 bits per heavy atom. The first kappa shape index (κ1) is 17.7. The Morgan fingerprint density at radius 1 is 1.19 bits per heavy atom. The van der Waals surface area contributed by atoms with Crippen LogP contribution in [-0.4, -0.2) is 53.7 Å². The number of hydrogen-bond acceptors (Lipinski definition) is 4. The molecule has 0 bridgehead atoms. The summed E-state index contributed by atoms with van der Waals surface area (Å²) in [6, 6.07) is 1.56. The fraction of sp³-hybridized carbons (Fsp3) is 0.688. The van der Waals surface area contributed by atoms with Crippen LogP contribution in [0.25, 0.3) is 0 Å². The van der Waals surface area contributed by atoms with Gasteiger partial charge in [-0.3, -0.25) is 4.79 Å². The van der Waals surface area contributed by atoms with Crippen molar-refractivity contribution in [2.45, 2.75) is 39.3 Å². The van der Waals surface area contributed by atoms with Gasteiger partial charge < -0.3 is 19.5 Å². The number of pyridine rings is 1. The third kappa shape index (κ3) is 6.31. The van der Waals surface area contributed by atoms with Crippen molar-refractivity contribution in [1.29, 1.82) is 0 Å². The summed E-state index contributed by atoms with van der Waals surface area (Å²) in [7, 11) is 6.15. The highest BCUT2D eigenvalue weighted by atomic mass is 16.3. The molecule has 0 saturated heterocycles. The van der Waals surface area contributed by atoms with Crippen LogP contribution in [0.4, 0.5) is 0 Å². The van der Waals surface area contributed by atoms with Crippen LogP contribution in [0, 0.1) is 0 Å². The van der Waals surface area contributed by atoms with Gasteiger partial charge in [-0.05, 0) is 47.1 Å². The van der Waals surface area contributed by atoms with E-state index >= 15 is 0 Å². The summed E-state index contributed by atoms with van der Waals surface area (Å²) < 4.78 is 2.00. The number of nitrogens with zero attached hydrogens (tertiary/aromatic N) is 3. The Labute approximate surface area is 127 Å². The van der Waals surface area contributed by atoms with Gasteiger partial charge in [0, 0.05) is 24.8 Å². The quantitative estimate of drug-likeness (QED) is 0.754. The van der Waals surface area contributed by atoms with E-state index < -0.39 is 0 Å². The Bertz CT molecular complexity index is 483. The molecule has 5 nitrogen and oxygen atoms in total. The maximum Gasteiger partial charge on any atom is 0.223 e. The summed E-state index contributed by atoms with van der Waals surface area (Å²) in [4.78, 5) is 16.0. The molecule has 0 aliphatic heterocycles. The molecule has 0 spiro atoms. The van der Waals surface area contributed by atoms with Crippen molar-refractivity contribution in [3.05, 3.63) is 28.2 Å². The summed E-state index contributed by atoms with van der Waals surface area (Å²) in [5.41, 5.74) is 0.674. The second kappa shape index (κ2) is 8.85. The lowest BCUT2D eigenvalue weighted by Gasteiger charge is -2.20. The largest absolute Gasteiger partial charge is 0.503 e. The Kier molecular flexibility index (Phi) is 7.47. The van der Waals surface area contributed by atoms with Crippen molar-refractivity contribution in [2.75, 3.05) is 34.2 Å². The van der Waals surface area contributed by atoms with Crippen LogP contribution < -0.4 is 5.43 Å². The number of aromatic nitrogens is 1. The highest BCUT2D eigenvalue weighted by molar-refractivity contribution is 5.20. The van der Waals surface area contributed by atoms with Crippen molar-refractivity contribution in [3.8, 4) is 5.75 Å². The molecule has 21 heavy (non-hydrogen) atoms. The fourth-order valence-electron chi connectivity index (χ4n) is 2.29. The molecule has 5 heteroatoms. The van der Waals surface area contributed by atoms with Gasteiger partial charge >= 0.3 is 0 Å². The van der Waals surface area contributed by atoms with Crippen LogP contribution in [0.3, 0.4) is 0 Å². The molecule has 0 atom stereocenters. The minimum atomic E-state index is -0.294. The third-order valence-electron chi connectivity index (χ3n) is 3.53. The van der Waals surface area contributed by atoms with Gasteiger partial charge in [-0.15, -0.1) is 0 Å². The summed E-state index contributed by atoms with van der Waals surface area (Å²) in [5, 5.41) is 9.65. The van der Waals surface area contributed by atoms with Crippen molar-refractivity contribution in [3.63, 3.8) is 0 Å². The zero-order valence-electron chi connectivity index (χ0n) is 13.8. The molecular formula is C16H29N3O2. The number of aromatic hydroxyl groups is 1. The van der Waals surface area contributed by atoms with Crippen molar-refractivity contribution >= 4 is 0 Å². The van der Waals surface area contributed by atoms with Gasteiger partial charge in [0.2, 0.25) is 5.43 Å². The summed E-state index contributed by atoms with van der Waals surface area (Å²) in [5.74, 6) is -0.167. The van der Waals surface area contributed by atoms with Crippen molar-refractivity contribution < 1.29 is 5.11 Å². The maximum absolute atomic E-state index is 11.7. The van der Waals surface area contributed by atoms with Gasteiger partial charge in [-0.1, -0.05) is 13.3 Å². The second-order valence-electron chi connectivity index (χ2n) is 5.96. The van der Waals surface area contributed by atoms with Gasteiger partial charge in [0.1, 0.15) is 0 Å². The topological polar surface area (TPSA) is 48.7 Å². The van der Waals surface area contributed by atoms with E-state index in [0.29, 0.717) is 0 Å². The van der Waals surface area contributed by atoms with Crippen LogP contribution in [-0.2, 0) is 13.1 Å². The lowest BCUT2D eigenvalue weighted by atomic mass is 10.2. The van der Waals surface area contributed by atoms with Gasteiger partial charge in [0.15, 0.2) is 5.75 Å². The number of aryl methyl sites for hydroxylation is 1. The highest BCUT2D eigenvalue weighted by Gasteiger charge is 2.08. The molecule has 1 heterocycles. The summed E-state index contributed by atoms with van der Waals surface area (Å²) >= 11 is 0. The Balaban J connectivity index is 2.79. The smallest absolute Gasteiger partial charge is 0.223 e. The number of unbranched alkanes of at least 4 members (excludes halogenated alkanes) is 1. The van der Waals surface area contributed by atoms with Crippen LogP contribution in [0.2, 0.25) is 0 Å². The predicted molar refractivity (Wildman–Crippen MR) is 86.8 cm³/mol. The molecule has 0 amide bonds. The van der Waals surface area contributed by atoms with Crippen LogP contribution in [0.1, 0.15) is 31.9 Å². The first-order chi connectivity index (χ1) is 9.93. The molecule has 0 unspecified atom stereocenters. The standard InChI is InChI=1S/C16H29N3O2/c1-5-6-9-18(4)12-14-11-15(20)16(21)13-19(14)10-7-8-17(2)3/h11,13,21H,5-10,12H2,1-4H3. The van der Waals surface area contributed by atoms with E-state index in [0.717, 1.165) is 51.1 Å². The molecule has 1 aromatic heterocycles. The average Bonchev–Trinajstić information content (AvgIpc) is 2.41. The average molecular weight is 295 g/mol. The maximum atomic E-state index is 11.7. The van der Waals surface area contributed by atoms with Gasteiger partial charge in [0.05, 0.1) is 6.20 Å². The SMILES string of the molecule is CCCCN(C)Cc1cc(=O)c(O)cn1CCCN(C)C. The Hall–Kier alpha value is -1.33. The lowest BCUT2D eigenvalue weighted by molar-refractivity contribution is 0.307. The van der Waals surface area contributed by atoms with E-state index in [1.54, 1.807) is 12.3 Å². The van der Waals surface area contributed by atoms with Gasteiger partial charge in [-0.25, -0.2) is 0 Å². The third-order valence-corrected chi connectivity index (χ3v) is 3.53. The van der Waals surface area contributed by atoms with Crippen molar-refractivity contribution in [2.24, 2.45) is 0 Å². The molecule has 0 fully saturated rings. The molecule has 1 rings (SSSR count). The zero-order valence-corrected chi connectivity index (χ0v) is 13.8. The fourth-order valence-corrected chi connectivity index (χ4v) is 2.29. The first-order valence-corrected chi connectivity index (χ1v) is 7.69. The van der Waals surface area contributed by atoms with E-state index in [4.69, 9.17) is 0 Å². The molecule has 0 aliphatic rings. The molecule has 0 radical (unpaired) electrons. The summed E-state index contributed by atoms with van der Waals surface area (Å²) in [6.07, 6.45) is 4.87. The molecule has 0 aliphatic carbocycles. The lowest BCUT2D eigenvalue weighted by Crippen LogP contribution is -2.24. The molecule has 1 N–H and O–H groups in total. The Morgan fingerprint density at radius 3 is 2.52 bits per heavy atom. The van der Waals surface area contributed by atoms with E-state index in [2.05, 4.69) is 23.8 Å². The van der Waals surface area contributed by atoms with E-state index in [9.17, 15) is 9.90 Å². The minimum Gasteiger partial charge on any atom is -0.503 e. The molecule has 0 aromatic carbocycles. The van der Waals surface area contributed by atoms with Crippen LogP contribution in [0.5, 0.6) is 5.75 Å². The molecular weight excluding hydrogens is 266 g/mol. The monoisotopic (exact) mass is 295 g/mol. The normalized spacial score (nSPS) is 11.5. The highest BCUT2D eigenvalue weighted by Crippen LogP contribution is 2.09. The van der Waals surface area contributed by atoms with E-state index in [1.165, 1.54) is 0 Å².